The van der Waals surface area contributed by atoms with Crippen LogP contribution >= 0.6 is 0 Å². The molecule has 1 aliphatic heterocycles. The van der Waals surface area contributed by atoms with Crippen LogP contribution in [0, 0.1) is 5.92 Å². The zero-order chi connectivity index (χ0) is 13.5. The van der Waals surface area contributed by atoms with Crippen LogP contribution in [0.15, 0.2) is 30.3 Å². The van der Waals surface area contributed by atoms with Crippen molar-refractivity contribution in [3.8, 4) is 0 Å². The van der Waals surface area contributed by atoms with Crippen LogP contribution in [0.1, 0.15) is 44.1 Å². The second-order valence-electron chi connectivity index (χ2n) is 5.96. The van der Waals surface area contributed by atoms with Crippen LogP contribution in [0.3, 0.4) is 0 Å². The molecule has 1 aromatic carbocycles. The van der Waals surface area contributed by atoms with Crippen LogP contribution < -0.4 is 5.73 Å². The molecule has 1 aliphatic rings. The van der Waals surface area contributed by atoms with Gasteiger partial charge < -0.3 is 10.6 Å². The number of piperidine rings is 1. The van der Waals surface area contributed by atoms with Crippen molar-refractivity contribution in [2.24, 2.45) is 11.7 Å². The zero-order valence-electron chi connectivity index (χ0n) is 12.2. The third kappa shape index (κ3) is 4.63. The van der Waals surface area contributed by atoms with Crippen LogP contribution in [-0.4, -0.2) is 31.1 Å². The van der Waals surface area contributed by atoms with Gasteiger partial charge in [-0.05, 0) is 69.3 Å². The number of nitrogens with two attached hydrogens (primary N) is 1. The highest BCUT2D eigenvalue weighted by molar-refractivity contribution is 5.18. The monoisotopic (exact) mass is 260 g/mol. The minimum atomic E-state index is 0.669. The fraction of sp³-hybridized carbons (Fsp3) is 0.647. The van der Waals surface area contributed by atoms with Crippen molar-refractivity contribution in [2.45, 2.75) is 38.5 Å². The SMILES string of the molecule is CC(CCN1CCC(CCN)CC1)c1ccccc1. The van der Waals surface area contributed by atoms with E-state index >= 15 is 0 Å². The van der Waals surface area contributed by atoms with Crippen molar-refractivity contribution in [3.05, 3.63) is 35.9 Å². The average molecular weight is 260 g/mol. The molecular formula is C17H28N2. The molecule has 1 saturated heterocycles. The Morgan fingerprint density at radius 1 is 1.21 bits per heavy atom. The molecule has 1 aromatic rings. The predicted octanol–water partition coefficient (Wildman–Crippen LogP) is 3.24. The molecule has 19 heavy (non-hydrogen) atoms. The van der Waals surface area contributed by atoms with E-state index in [1.54, 1.807) is 0 Å². The van der Waals surface area contributed by atoms with Gasteiger partial charge >= 0.3 is 0 Å². The van der Waals surface area contributed by atoms with E-state index in [-0.39, 0.29) is 0 Å². The van der Waals surface area contributed by atoms with E-state index in [4.69, 9.17) is 5.73 Å². The van der Waals surface area contributed by atoms with Gasteiger partial charge in [-0.15, -0.1) is 0 Å². The van der Waals surface area contributed by atoms with Crippen molar-refractivity contribution in [1.29, 1.82) is 0 Å². The summed E-state index contributed by atoms with van der Waals surface area (Å²) < 4.78 is 0. The molecule has 2 rings (SSSR count). The first-order valence-corrected chi connectivity index (χ1v) is 7.77. The minimum absolute atomic E-state index is 0.669. The molecule has 0 aromatic heterocycles. The lowest BCUT2D eigenvalue weighted by Crippen LogP contribution is -2.35. The number of hydrogen-bond donors (Lipinski definition) is 1. The molecule has 0 aliphatic carbocycles. The maximum Gasteiger partial charge on any atom is -0.00130 e. The Kier molecular flexibility index (Phi) is 5.87. The van der Waals surface area contributed by atoms with Crippen LogP contribution in [-0.2, 0) is 0 Å². The van der Waals surface area contributed by atoms with E-state index in [0.717, 1.165) is 12.5 Å². The molecule has 0 radical (unpaired) electrons. The lowest BCUT2D eigenvalue weighted by molar-refractivity contribution is 0.176. The summed E-state index contributed by atoms with van der Waals surface area (Å²) in [4.78, 5) is 2.63. The van der Waals surface area contributed by atoms with Gasteiger partial charge in [0.15, 0.2) is 0 Å². The van der Waals surface area contributed by atoms with Gasteiger partial charge in [-0.1, -0.05) is 37.3 Å². The summed E-state index contributed by atoms with van der Waals surface area (Å²) in [5, 5.41) is 0. The highest BCUT2D eigenvalue weighted by Gasteiger charge is 2.18. The molecule has 0 spiro atoms. The number of rotatable bonds is 6. The Balaban J connectivity index is 1.69. The second-order valence-corrected chi connectivity index (χ2v) is 5.96. The normalized spacial score (nSPS) is 19.5. The topological polar surface area (TPSA) is 29.3 Å². The standard InChI is InChI=1S/C17H28N2/c1-15(17-5-3-2-4-6-17)8-12-19-13-9-16(7-11-18)10-14-19/h2-6,15-16H,7-14,18H2,1H3. The van der Waals surface area contributed by atoms with Crippen molar-refractivity contribution in [2.75, 3.05) is 26.2 Å². The maximum atomic E-state index is 5.64. The Labute approximate surface area is 118 Å². The highest BCUT2D eigenvalue weighted by Crippen LogP contribution is 2.23. The summed E-state index contributed by atoms with van der Waals surface area (Å²) in [6, 6.07) is 10.9. The average Bonchev–Trinajstić information content (AvgIpc) is 2.47. The maximum absolute atomic E-state index is 5.64. The third-order valence-corrected chi connectivity index (χ3v) is 4.53. The van der Waals surface area contributed by atoms with Gasteiger partial charge in [-0.3, -0.25) is 0 Å². The summed E-state index contributed by atoms with van der Waals surface area (Å²) >= 11 is 0. The van der Waals surface area contributed by atoms with Crippen LogP contribution in [0.5, 0.6) is 0 Å². The largest absolute Gasteiger partial charge is 0.330 e. The van der Waals surface area contributed by atoms with Crippen molar-refractivity contribution < 1.29 is 0 Å². The van der Waals surface area contributed by atoms with Gasteiger partial charge in [0.25, 0.3) is 0 Å². The summed E-state index contributed by atoms with van der Waals surface area (Å²) in [5.74, 6) is 1.55. The molecule has 0 bridgehead atoms. The van der Waals surface area contributed by atoms with E-state index in [9.17, 15) is 0 Å². The van der Waals surface area contributed by atoms with Crippen LogP contribution in [0.4, 0.5) is 0 Å². The fourth-order valence-electron chi connectivity index (χ4n) is 3.06. The highest BCUT2D eigenvalue weighted by atomic mass is 15.1. The van der Waals surface area contributed by atoms with E-state index in [1.165, 1.54) is 50.9 Å². The lowest BCUT2D eigenvalue weighted by atomic mass is 9.92. The van der Waals surface area contributed by atoms with Gasteiger partial charge in [0.2, 0.25) is 0 Å². The zero-order valence-corrected chi connectivity index (χ0v) is 12.2. The van der Waals surface area contributed by atoms with Crippen molar-refractivity contribution in [1.82, 2.24) is 4.90 Å². The smallest absolute Gasteiger partial charge is 0.00130 e. The van der Waals surface area contributed by atoms with Crippen molar-refractivity contribution >= 4 is 0 Å². The van der Waals surface area contributed by atoms with E-state index in [1.807, 2.05) is 0 Å². The lowest BCUT2D eigenvalue weighted by Gasteiger charge is -2.32. The molecule has 2 heteroatoms. The molecule has 2 N–H and O–H groups in total. The number of nitrogens with zero attached hydrogens (tertiary/aromatic N) is 1. The Hall–Kier alpha value is -0.860. The molecule has 106 valence electrons. The van der Waals surface area contributed by atoms with Gasteiger partial charge in [-0.25, -0.2) is 0 Å². The molecule has 1 unspecified atom stereocenters. The molecule has 0 amide bonds. The number of benzene rings is 1. The molecular weight excluding hydrogens is 232 g/mol. The summed E-state index contributed by atoms with van der Waals surface area (Å²) in [7, 11) is 0. The van der Waals surface area contributed by atoms with Crippen LogP contribution in [0.25, 0.3) is 0 Å². The van der Waals surface area contributed by atoms with E-state index in [0.29, 0.717) is 5.92 Å². The Morgan fingerprint density at radius 2 is 1.89 bits per heavy atom. The summed E-state index contributed by atoms with van der Waals surface area (Å²) in [5.41, 5.74) is 7.12. The third-order valence-electron chi connectivity index (χ3n) is 4.53. The molecule has 1 atom stereocenters. The molecule has 1 fully saturated rings. The first kappa shape index (κ1) is 14.5. The fourth-order valence-corrected chi connectivity index (χ4v) is 3.06. The van der Waals surface area contributed by atoms with E-state index in [2.05, 4.69) is 42.2 Å². The minimum Gasteiger partial charge on any atom is -0.330 e. The Bertz CT molecular complexity index is 342. The van der Waals surface area contributed by atoms with E-state index < -0.39 is 0 Å². The van der Waals surface area contributed by atoms with Crippen LogP contribution in [0.2, 0.25) is 0 Å². The Morgan fingerprint density at radius 3 is 2.53 bits per heavy atom. The molecule has 2 nitrogen and oxygen atoms in total. The molecule has 1 heterocycles. The number of hydrogen-bond acceptors (Lipinski definition) is 2. The predicted molar refractivity (Wildman–Crippen MR) is 82.3 cm³/mol. The summed E-state index contributed by atoms with van der Waals surface area (Å²) in [6.07, 6.45) is 5.17. The van der Waals surface area contributed by atoms with Gasteiger partial charge in [0, 0.05) is 0 Å². The van der Waals surface area contributed by atoms with Gasteiger partial charge in [-0.2, -0.15) is 0 Å². The van der Waals surface area contributed by atoms with Gasteiger partial charge in [0.05, 0.1) is 0 Å². The summed E-state index contributed by atoms with van der Waals surface area (Å²) in [6.45, 7) is 6.98. The molecule has 0 saturated carbocycles. The van der Waals surface area contributed by atoms with Gasteiger partial charge in [0.1, 0.15) is 0 Å². The first-order valence-electron chi connectivity index (χ1n) is 7.77. The van der Waals surface area contributed by atoms with Crippen molar-refractivity contribution in [3.63, 3.8) is 0 Å². The first-order chi connectivity index (χ1) is 9.29. The quantitative estimate of drug-likeness (QED) is 0.851. The number of likely N-dealkylation sites (tertiary alicyclic amines) is 1. The second kappa shape index (κ2) is 7.66.